The number of aromatic amines is 1. The summed E-state index contributed by atoms with van der Waals surface area (Å²) in [4.78, 5) is 15.3. The normalized spacial score (nSPS) is 10.9. The highest BCUT2D eigenvalue weighted by atomic mass is 32.1. The number of fused-ring (bicyclic) bond motifs is 1. The summed E-state index contributed by atoms with van der Waals surface area (Å²) in [6.45, 7) is 6.47. The summed E-state index contributed by atoms with van der Waals surface area (Å²) >= 11 is 5.16. The summed E-state index contributed by atoms with van der Waals surface area (Å²) in [5.41, 5.74) is 2.95. The fourth-order valence-electron chi connectivity index (χ4n) is 2.05. The van der Waals surface area contributed by atoms with Crippen molar-refractivity contribution in [2.24, 2.45) is 0 Å². The third-order valence-electron chi connectivity index (χ3n) is 2.74. The molecule has 0 bridgehead atoms. The van der Waals surface area contributed by atoms with Crippen LogP contribution in [0.5, 0.6) is 0 Å². The van der Waals surface area contributed by atoms with Crippen molar-refractivity contribution < 1.29 is 0 Å². The molecule has 0 saturated carbocycles. The maximum absolute atomic E-state index is 12.2. The molecule has 0 aliphatic rings. The van der Waals surface area contributed by atoms with Gasteiger partial charge in [-0.05, 0) is 50.2 Å². The Kier molecular flexibility index (Phi) is 2.68. The van der Waals surface area contributed by atoms with E-state index in [1.54, 1.807) is 4.57 Å². The molecule has 16 heavy (non-hydrogen) atoms. The molecule has 4 heteroatoms. The predicted molar refractivity (Wildman–Crippen MR) is 68.5 cm³/mol. The molecular formula is C12H14N2OS. The van der Waals surface area contributed by atoms with E-state index in [1.807, 2.05) is 32.9 Å². The van der Waals surface area contributed by atoms with Crippen LogP contribution in [0.1, 0.15) is 18.1 Å². The Morgan fingerprint density at radius 2 is 2.06 bits per heavy atom. The van der Waals surface area contributed by atoms with Gasteiger partial charge in [-0.15, -0.1) is 0 Å². The first-order valence-corrected chi connectivity index (χ1v) is 5.69. The Balaban J connectivity index is 3.06. The number of hydrogen-bond acceptors (Lipinski definition) is 2. The monoisotopic (exact) mass is 234 g/mol. The first-order chi connectivity index (χ1) is 7.54. The molecule has 2 aromatic rings. The third-order valence-corrected chi connectivity index (χ3v) is 3.06. The maximum atomic E-state index is 12.2. The van der Waals surface area contributed by atoms with E-state index < -0.39 is 0 Å². The lowest BCUT2D eigenvalue weighted by Gasteiger charge is -2.08. The standard InChI is InChI=1S/C12H14N2OS/c1-4-14-11(15)10-8(3)5-7(2)6-9(10)13-12(14)16/h5-6H,4H2,1-3H3,(H,13,16). The lowest BCUT2D eigenvalue weighted by molar-refractivity contribution is 0.704. The van der Waals surface area contributed by atoms with E-state index in [1.165, 1.54) is 0 Å². The summed E-state index contributed by atoms with van der Waals surface area (Å²) < 4.78 is 2.07. The van der Waals surface area contributed by atoms with Gasteiger partial charge in [-0.3, -0.25) is 9.36 Å². The van der Waals surface area contributed by atoms with Crippen LogP contribution in [0.15, 0.2) is 16.9 Å². The minimum absolute atomic E-state index is 0.00116. The van der Waals surface area contributed by atoms with Crippen molar-refractivity contribution in [3.05, 3.63) is 38.4 Å². The van der Waals surface area contributed by atoms with E-state index in [0.717, 1.165) is 22.0 Å². The van der Waals surface area contributed by atoms with Crippen LogP contribution in [0.25, 0.3) is 10.9 Å². The fourth-order valence-corrected chi connectivity index (χ4v) is 2.37. The second kappa shape index (κ2) is 3.87. The van der Waals surface area contributed by atoms with Crippen LogP contribution in [0, 0.1) is 18.6 Å². The number of nitrogens with one attached hydrogen (secondary N) is 1. The van der Waals surface area contributed by atoms with Crippen LogP contribution in [-0.2, 0) is 6.54 Å². The second-order valence-electron chi connectivity index (χ2n) is 3.98. The molecule has 0 unspecified atom stereocenters. The number of H-pyrrole nitrogens is 1. The van der Waals surface area contributed by atoms with Gasteiger partial charge in [-0.25, -0.2) is 0 Å². The molecule has 1 heterocycles. The van der Waals surface area contributed by atoms with Gasteiger partial charge in [0.2, 0.25) is 0 Å². The summed E-state index contributed by atoms with van der Waals surface area (Å²) in [6.07, 6.45) is 0. The molecular weight excluding hydrogens is 220 g/mol. The fraction of sp³-hybridized carbons (Fsp3) is 0.333. The molecule has 0 atom stereocenters. The van der Waals surface area contributed by atoms with Crippen molar-refractivity contribution in [2.45, 2.75) is 27.3 Å². The highest BCUT2D eigenvalue weighted by Crippen LogP contribution is 2.15. The largest absolute Gasteiger partial charge is 0.332 e. The quantitative estimate of drug-likeness (QED) is 0.770. The van der Waals surface area contributed by atoms with Crippen molar-refractivity contribution in [2.75, 3.05) is 0 Å². The van der Waals surface area contributed by atoms with E-state index >= 15 is 0 Å². The Morgan fingerprint density at radius 3 is 2.69 bits per heavy atom. The van der Waals surface area contributed by atoms with Gasteiger partial charge in [-0.1, -0.05) is 6.07 Å². The number of hydrogen-bond donors (Lipinski definition) is 1. The molecule has 1 aromatic carbocycles. The zero-order valence-corrected chi connectivity index (χ0v) is 10.4. The minimum Gasteiger partial charge on any atom is -0.332 e. The SMILES string of the molecule is CCn1c(=S)[nH]c2cc(C)cc(C)c2c1=O. The van der Waals surface area contributed by atoms with Gasteiger partial charge in [0.1, 0.15) is 0 Å². The molecule has 0 spiro atoms. The summed E-state index contributed by atoms with van der Waals surface area (Å²) in [7, 11) is 0. The molecule has 0 amide bonds. The Morgan fingerprint density at radius 1 is 1.38 bits per heavy atom. The lowest BCUT2D eigenvalue weighted by atomic mass is 10.1. The number of aromatic nitrogens is 2. The van der Waals surface area contributed by atoms with Gasteiger partial charge in [0.15, 0.2) is 4.77 Å². The highest BCUT2D eigenvalue weighted by Gasteiger charge is 2.07. The van der Waals surface area contributed by atoms with Crippen molar-refractivity contribution >= 4 is 23.1 Å². The van der Waals surface area contributed by atoms with E-state index in [-0.39, 0.29) is 5.56 Å². The van der Waals surface area contributed by atoms with Crippen molar-refractivity contribution in [3.8, 4) is 0 Å². The van der Waals surface area contributed by atoms with Gasteiger partial charge in [0, 0.05) is 6.54 Å². The summed E-state index contributed by atoms with van der Waals surface area (Å²) in [6, 6.07) is 3.97. The lowest BCUT2D eigenvalue weighted by Crippen LogP contribution is -2.21. The van der Waals surface area contributed by atoms with Gasteiger partial charge in [0.25, 0.3) is 5.56 Å². The number of nitrogens with zero attached hydrogens (tertiary/aromatic N) is 1. The number of benzene rings is 1. The van der Waals surface area contributed by atoms with Gasteiger partial charge >= 0.3 is 0 Å². The molecule has 3 nitrogen and oxygen atoms in total. The molecule has 2 rings (SSSR count). The number of aryl methyl sites for hydroxylation is 2. The third kappa shape index (κ3) is 1.59. The van der Waals surface area contributed by atoms with Gasteiger partial charge in [0.05, 0.1) is 10.9 Å². The van der Waals surface area contributed by atoms with Crippen molar-refractivity contribution in [3.63, 3.8) is 0 Å². The Labute approximate surface area is 98.7 Å². The minimum atomic E-state index is -0.00116. The van der Waals surface area contributed by atoms with Crippen LogP contribution in [-0.4, -0.2) is 9.55 Å². The van der Waals surface area contributed by atoms with Crippen LogP contribution in [0.3, 0.4) is 0 Å². The highest BCUT2D eigenvalue weighted by molar-refractivity contribution is 7.71. The first-order valence-electron chi connectivity index (χ1n) is 5.28. The van der Waals surface area contributed by atoms with Crippen LogP contribution < -0.4 is 5.56 Å². The summed E-state index contributed by atoms with van der Waals surface area (Å²) in [5, 5.41) is 0.737. The topological polar surface area (TPSA) is 37.8 Å². The van der Waals surface area contributed by atoms with Crippen LogP contribution >= 0.6 is 12.2 Å². The van der Waals surface area contributed by atoms with Crippen LogP contribution in [0.2, 0.25) is 0 Å². The molecule has 0 aliphatic heterocycles. The van der Waals surface area contributed by atoms with Crippen LogP contribution in [0.4, 0.5) is 0 Å². The molecule has 1 aromatic heterocycles. The molecule has 1 N–H and O–H groups in total. The van der Waals surface area contributed by atoms with E-state index in [2.05, 4.69) is 4.98 Å². The Hall–Kier alpha value is -1.42. The predicted octanol–water partition coefficient (Wildman–Crippen LogP) is 2.70. The van der Waals surface area contributed by atoms with E-state index in [9.17, 15) is 4.79 Å². The average Bonchev–Trinajstić information content (AvgIpc) is 2.15. The van der Waals surface area contributed by atoms with E-state index in [4.69, 9.17) is 12.2 Å². The Bertz CT molecular complexity index is 667. The molecule has 0 saturated heterocycles. The summed E-state index contributed by atoms with van der Waals surface area (Å²) in [5.74, 6) is 0. The van der Waals surface area contributed by atoms with E-state index in [0.29, 0.717) is 11.3 Å². The maximum Gasteiger partial charge on any atom is 0.262 e. The van der Waals surface area contributed by atoms with Crippen molar-refractivity contribution in [1.29, 1.82) is 0 Å². The van der Waals surface area contributed by atoms with Gasteiger partial charge in [-0.2, -0.15) is 0 Å². The molecule has 0 fully saturated rings. The second-order valence-corrected chi connectivity index (χ2v) is 4.37. The first kappa shape index (κ1) is 11.1. The molecule has 0 radical (unpaired) electrons. The average molecular weight is 234 g/mol. The zero-order valence-electron chi connectivity index (χ0n) is 9.63. The van der Waals surface area contributed by atoms with Gasteiger partial charge < -0.3 is 4.98 Å². The number of rotatable bonds is 1. The zero-order chi connectivity index (χ0) is 11.9. The molecule has 0 aliphatic carbocycles. The smallest absolute Gasteiger partial charge is 0.262 e. The molecule has 84 valence electrons. The van der Waals surface area contributed by atoms with Crippen molar-refractivity contribution in [1.82, 2.24) is 9.55 Å².